The summed E-state index contributed by atoms with van der Waals surface area (Å²) in [6, 6.07) is 0.736. The first-order chi connectivity index (χ1) is 11.1. The predicted octanol–water partition coefficient (Wildman–Crippen LogP) is 4.10. The molecule has 0 aromatic rings. The third kappa shape index (κ3) is 5.18. The summed E-state index contributed by atoms with van der Waals surface area (Å²) < 4.78 is 1.16. The van der Waals surface area contributed by atoms with Crippen molar-refractivity contribution < 1.29 is 14.1 Å². The Morgan fingerprint density at radius 3 is 2.57 bits per heavy atom. The van der Waals surface area contributed by atoms with E-state index in [0.29, 0.717) is 0 Å². The van der Waals surface area contributed by atoms with E-state index in [1.807, 2.05) is 5.06 Å². The van der Waals surface area contributed by atoms with Gasteiger partial charge in [-0.2, -0.15) is 0 Å². The van der Waals surface area contributed by atoms with Gasteiger partial charge < -0.3 is 9.32 Å². The molecule has 3 atom stereocenters. The summed E-state index contributed by atoms with van der Waals surface area (Å²) in [5.74, 6) is 0.602. The van der Waals surface area contributed by atoms with E-state index in [4.69, 9.17) is 4.84 Å². The Hall–Kier alpha value is -0.610. The van der Waals surface area contributed by atoms with Crippen molar-refractivity contribution in [2.24, 2.45) is 5.92 Å². The van der Waals surface area contributed by atoms with Gasteiger partial charge in [-0.3, -0.25) is 4.79 Å². The van der Waals surface area contributed by atoms with E-state index in [1.54, 1.807) is 0 Å². The van der Waals surface area contributed by atoms with Gasteiger partial charge >= 0.3 is 5.97 Å². The molecule has 0 aromatic carbocycles. The second-order valence-corrected chi connectivity index (χ2v) is 7.84. The van der Waals surface area contributed by atoms with Crippen molar-refractivity contribution in [2.45, 2.75) is 84.6 Å². The number of hydroxylamine groups is 2. The van der Waals surface area contributed by atoms with Gasteiger partial charge in [0.05, 0.1) is 25.7 Å². The van der Waals surface area contributed by atoms with Crippen molar-refractivity contribution in [1.29, 1.82) is 0 Å². The molecule has 1 saturated carbocycles. The third-order valence-electron chi connectivity index (χ3n) is 5.97. The lowest BCUT2D eigenvalue weighted by molar-refractivity contribution is -0.950. The van der Waals surface area contributed by atoms with E-state index in [9.17, 15) is 4.79 Å². The maximum absolute atomic E-state index is 11.3. The van der Waals surface area contributed by atoms with Crippen LogP contribution in [0.1, 0.15) is 78.6 Å². The molecule has 2 fully saturated rings. The molecule has 0 spiro atoms. The first-order valence-electron chi connectivity index (χ1n) is 9.86. The van der Waals surface area contributed by atoms with Crippen LogP contribution in [0.25, 0.3) is 0 Å². The smallest absolute Gasteiger partial charge is 0.322 e. The molecule has 4 nitrogen and oxygen atoms in total. The van der Waals surface area contributed by atoms with Crippen LogP contribution in [-0.4, -0.2) is 47.9 Å². The van der Waals surface area contributed by atoms with Gasteiger partial charge in [0.15, 0.2) is 6.67 Å². The molecule has 0 aromatic heterocycles. The Bertz CT molecular complexity index is 374. The minimum absolute atomic E-state index is 0.178. The molecule has 2 aliphatic rings. The molecule has 1 saturated heterocycles. The predicted molar refractivity (Wildman–Crippen MR) is 93.5 cm³/mol. The molecule has 1 aliphatic heterocycles. The lowest BCUT2D eigenvalue weighted by Gasteiger charge is -2.44. The first-order valence-corrected chi connectivity index (χ1v) is 9.86. The molecule has 0 bridgehead atoms. The van der Waals surface area contributed by atoms with Gasteiger partial charge in [0.1, 0.15) is 0 Å². The molecule has 0 amide bonds. The molecule has 4 heteroatoms. The largest absolute Gasteiger partial charge is 0.363 e. The van der Waals surface area contributed by atoms with Gasteiger partial charge in [0, 0.05) is 12.8 Å². The Morgan fingerprint density at radius 1 is 1.17 bits per heavy atom. The van der Waals surface area contributed by atoms with Crippen LogP contribution in [0.15, 0.2) is 0 Å². The highest BCUT2D eigenvalue weighted by atomic mass is 16.7. The maximum Gasteiger partial charge on any atom is 0.322 e. The SMILES string of the molecule is CCCC[N+]1(C2CCCCCCCC2C)CCN(OC(C)=O)C1. The standard InChI is InChI=1S/C19H37N2O2/c1-4-5-14-21(15-13-20(16-21)23-18(3)22)19-12-10-8-6-7-9-11-17(19)2/h17,19H,4-16H2,1-3H3/q+1. The lowest BCUT2D eigenvalue weighted by atomic mass is 9.90. The molecular formula is C19H37N2O2+. The highest BCUT2D eigenvalue weighted by Crippen LogP contribution is 2.34. The van der Waals surface area contributed by atoms with Gasteiger partial charge in [-0.05, 0) is 25.7 Å². The van der Waals surface area contributed by atoms with Gasteiger partial charge in [-0.15, -0.1) is 0 Å². The maximum atomic E-state index is 11.3. The fourth-order valence-electron chi connectivity index (χ4n) is 4.76. The topological polar surface area (TPSA) is 29.5 Å². The van der Waals surface area contributed by atoms with Crippen molar-refractivity contribution in [2.75, 3.05) is 26.3 Å². The van der Waals surface area contributed by atoms with Crippen LogP contribution in [-0.2, 0) is 9.63 Å². The van der Waals surface area contributed by atoms with E-state index >= 15 is 0 Å². The summed E-state index contributed by atoms with van der Waals surface area (Å²) in [7, 11) is 0. The molecule has 0 N–H and O–H groups in total. The summed E-state index contributed by atoms with van der Waals surface area (Å²) in [6.07, 6.45) is 12.2. The highest BCUT2D eigenvalue weighted by Gasteiger charge is 2.45. The fourth-order valence-corrected chi connectivity index (χ4v) is 4.76. The van der Waals surface area contributed by atoms with Crippen LogP contribution in [0, 0.1) is 5.92 Å². The minimum Gasteiger partial charge on any atom is -0.363 e. The van der Waals surface area contributed by atoms with Crippen LogP contribution < -0.4 is 0 Å². The van der Waals surface area contributed by atoms with E-state index in [1.165, 1.54) is 71.3 Å². The number of quaternary nitrogens is 1. The van der Waals surface area contributed by atoms with Gasteiger partial charge in [-0.25, -0.2) is 0 Å². The van der Waals surface area contributed by atoms with Crippen LogP contribution in [0.3, 0.4) is 0 Å². The Morgan fingerprint density at radius 2 is 1.87 bits per heavy atom. The summed E-state index contributed by atoms with van der Waals surface area (Å²) in [4.78, 5) is 16.8. The van der Waals surface area contributed by atoms with Crippen molar-refractivity contribution >= 4 is 5.97 Å². The highest BCUT2D eigenvalue weighted by molar-refractivity contribution is 5.65. The molecule has 134 valence electrons. The number of hydrogen-bond donors (Lipinski definition) is 0. The minimum atomic E-state index is -0.178. The van der Waals surface area contributed by atoms with E-state index in [0.717, 1.165) is 36.2 Å². The van der Waals surface area contributed by atoms with Crippen LogP contribution in [0.5, 0.6) is 0 Å². The van der Waals surface area contributed by atoms with Crippen LogP contribution in [0.4, 0.5) is 0 Å². The van der Waals surface area contributed by atoms with Crippen molar-refractivity contribution in [3.63, 3.8) is 0 Å². The second kappa shape index (κ2) is 9.03. The normalized spacial score (nSPS) is 33.7. The molecule has 0 radical (unpaired) electrons. The van der Waals surface area contributed by atoms with Crippen molar-refractivity contribution in [3.8, 4) is 0 Å². The summed E-state index contributed by atoms with van der Waals surface area (Å²) in [5, 5.41) is 1.93. The Balaban J connectivity index is 2.12. The monoisotopic (exact) mass is 325 g/mol. The number of hydrogen-bond acceptors (Lipinski definition) is 3. The summed E-state index contributed by atoms with van der Waals surface area (Å²) in [5.41, 5.74) is 0. The first kappa shape index (κ1) is 18.7. The zero-order chi connectivity index (χ0) is 16.7. The molecule has 3 unspecified atom stereocenters. The number of rotatable bonds is 5. The Labute approximate surface area is 142 Å². The summed E-state index contributed by atoms with van der Waals surface area (Å²) >= 11 is 0. The zero-order valence-corrected chi connectivity index (χ0v) is 15.6. The second-order valence-electron chi connectivity index (χ2n) is 7.84. The lowest BCUT2D eigenvalue weighted by Crippen LogP contribution is -2.57. The third-order valence-corrected chi connectivity index (χ3v) is 5.97. The van der Waals surface area contributed by atoms with E-state index < -0.39 is 0 Å². The van der Waals surface area contributed by atoms with Gasteiger partial charge in [-0.1, -0.05) is 51.0 Å². The Kier molecular flexibility index (Phi) is 7.35. The van der Waals surface area contributed by atoms with Crippen molar-refractivity contribution in [1.82, 2.24) is 5.06 Å². The van der Waals surface area contributed by atoms with Crippen LogP contribution >= 0.6 is 0 Å². The molecular weight excluding hydrogens is 288 g/mol. The van der Waals surface area contributed by atoms with E-state index in [-0.39, 0.29) is 5.97 Å². The molecule has 23 heavy (non-hydrogen) atoms. The van der Waals surface area contributed by atoms with Crippen molar-refractivity contribution in [3.05, 3.63) is 0 Å². The van der Waals surface area contributed by atoms with Crippen LogP contribution in [0.2, 0.25) is 0 Å². The fraction of sp³-hybridized carbons (Fsp3) is 0.947. The molecule has 2 rings (SSSR count). The van der Waals surface area contributed by atoms with Gasteiger partial charge in [0.2, 0.25) is 0 Å². The number of nitrogens with zero attached hydrogens (tertiary/aromatic N) is 2. The average Bonchev–Trinajstić information content (AvgIpc) is 2.94. The number of unbranched alkanes of at least 4 members (excludes halogenated alkanes) is 1. The van der Waals surface area contributed by atoms with E-state index in [2.05, 4.69) is 13.8 Å². The molecule has 1 aliphatic carbocycles. The van der Waals surface area contributed by atoms with Gasteiger partial charge in [0.25, 0.3) is 0 Å². The molecule has 1 heterocycles. The average molecular weight is 326 g/mol. The quantitative estimate of drug-likeness (QED) is 0.713. The number of carbonyl (C=O) groups excluding carboxylic acids is 1. The zero-order valence-electron chi connectivity index (χ0n) is 15.6. The summed E-state index contributed by atoms with van der Waals surface area (Å²) in [6.45, 7) is 10.4. The number of carbonyl (C=O) groups is 1.